The Hall–Kier alpha value is -0.690. The Balaban J connectivity index is 1.53. The molecule has 23 heavy (non-hydrogen) atoms. The Morgan fingerprint density at radius 2 is 1.70 bits per heavy atom. The number of allylic oxidation sites excluding steroid dienone is 2. The zero-order chi connectivity index (χ0) is 16.4. The summed E-state index contributed by atoms with van der Waals surface area (Å²) in [6.45, 7) is 0. The van der Waals surface area contributed by atoms with Gasteiger partial charge < -0.3 is 9.84 Å². The van der Waals surface area contributed by atoms with Crippen LogP contribution >= 0.6 is 0 Å². The van der Waals surface area contributed by atoms with Crippen LogP contribution in [0.3, 0.4) is 0 Å². The lowest BCUT2D eigenvalue weighted by atomic mass is 9.66. The third-order valence-electron chi connectivity index (χ3n) is 7.18. The molecule has 2 nitrogen and oxygen atoms in total. The monoisotopic (exact) mass is 336 g/mol. The summed E-state index contributed by atoms with van der Waals surface area (Å²) in [5.41, 5.74) is -1.53. The number of hydrogen-bond donors (Lipinski definition) is 1. The van der Waals surface area contributed by atoms with E-state index in [2.05, 4.69) is 12.2 Å². The Morgan fingerprint density at radius 3 is 2.30 bits per heavy atom. The molecule has 0 radical (unpaired) electrons. The van der Waals surface area contributed by atoms with E-state index < -0.39 is 29.9 Å². The molecule has 4 bridgehead atoms. The van der Waals surface area contributed by atoms with Gasteiger partial charge in [-0.25, -0.2) is 8.78 Å². The van der Waals surface area contributed by atoms with Gasteiger partial charge in [0.25, 0.3) is 0 Å². The fourth-order valence-electron chi connectivity index (χ4n) is 6.64. The first kappa shape index (κ1) is 14.6. The molecule has 7 heteroatoms. The van der Waals surface area contributed by atoms with Gasteiger partial charge in [-0.15, -0.1) is 0 Å². The van der Waals surface area contributed by atoms with E-state index in [1.807, 2.05) is 0 Å². The van der Waals surface area contributed by atoms with E-state index in [1.165, 1.54) is 0 Å². The molecule has 5 aliphatic rings. The molecule has 0 aromatic carbocycles. The van der Waals surface area contributed by atoms with E-state index in [4.69, 9.17) is 4.74 Å². The lowest BCUT2D eigenvalue weighted by Gasteiger charge is -2.43. The van der Waals surface area contributed by atoms with Crippen LogP contribution in [0, 0.1) is 35.5 Å². The fraction of sp³-hybridized carbons (Fsp3) is 0.875. The molecule has 1 heterocycles. The van der Waals surface area contributed by atoms with Gasteiger partial charge in [-0.2, -0.15) is 13.2 Å². The molecule has 128 valence electrons. The molecule has 4 aliphatic carbocycles. The number of alkyl halides is 5. The summed E-state index contributed by atoms with van der Waals surface area (Å²) in [6, 6.07) is 0. The highest BCUT2D eigenvalue weighted by molar-refractivity contribution is 5.25. The molecule has 0 amide bonds. The first-order valence-corrected chi connectivity index (χ1v) is 8.13. The van der Waals surface area contributed by atoms with Crippen LogP contribution in [0.2, 0.25) is 0 Å². The Bertz CT molecular complexity index is 602. The highest BCUT2D eigenvalue weighted by atomic mass is 19.4. The fourth-order valence-corrected chi connectivity index (χ4v) is 6.64. The standard InChI is InChI=1S/C16H17F5O2/c17-14(18)6-13(23-15(14,22)16(19,20)21)5-9-4-10(13)12-8-2-1-7(3-8)11(9)12/h1-2,7-12,22H,3-6H2. The third-order valence-corrected chi connectivity index (χ3v) is 7.18. The lowest BCUT2D eigenvalue weighted by Crippen LogP contribution is -2.57. The van der Waals surface area contributed by atoms with Gasteiger partial charge in [-0.3, -0.25) is 0 Å². The van der Waals surface area contributed by atoms with Gasteiger partial charge in [0.2, 0.25) is 0 Å². The number of ether oxygens (including phenoxy) is 1. The molecule has 1 N–H and O–H groups in total. The zero-order valence-electron chi connectivity index (χ0n) is 12.2. The molecule has 1 aliphatic heterocycles. The Kier molecular flexibility index (Phi) is 2.40. The van der Waals surface area contributed by atoms with E-state index in [0.29, 0.717) is 18.3 Å². The van der Waals surface area contributed by atoms with Crippen molar-refractivity contribution in [3.05, 3.63) is 12.2 Å². The minimum atomic E-state index is -5.50. The summed E-state index contributed by atoms with van der Waals surface area (Å²) in [6.07, 6.45) is -0.424. The minimum absolute atomic E-state index is 0.134. The molecular weight excluding hydrogens is 319 g/mol. The van der Waals surface area contributed by atoms with Crippen molar-refractivity contribution in [2.45, 2.75) is 49.2 Å². The van der Waals surface area contributed by atoms with Crippen LogP contribution in [-0.2, 0) is 4.74 Å². The second kappa shape index (κ2) is 3.77. The summed E-state index contributed by atoms with van der Waals surface area (Å²) in [5.74, 6) is -7.58. The number of hydrogen-bond acceptors (Lipinski definition) is 2. The van der Waals surface area contributed by atoms with Crippen molar-refractivity contribution >= 4 is 0 Å². The molecule has 1 saturated heterocycles. The summed E-state index contributed by atoms with van der Waals surface area (Å²) in [7, 11) is 0. The topological polar surface area (TPSA) is 29.5 Å². The largest absolute Gasteiger partial charge is 0.449 e. The second-order valence-corrected chi connectivity index (χ2v) is 8.10. The summed E-state index contributed by atoms with van der Waals surface area (Å²) in [4.78, 5) is 0. The van der Waals surface area contributed by atoms with Gasteiger partial charge in [0, 0.05) is 6.42 Å². The molecule has 4 fully saturated rings. The highest BCUT2D eigenvalue weighted by Crippen LogP contribution is 2.73. The predicted molar refractivity (Wildman–Crippen MR) is 68.3 cm³/mol. The van der Waals surface area contributed by atoms with Gasteiger partial charge in [0.15, 0.2) is 0 Å². The van der Waals surface area contributed by atoms with Crippen molar-refractivity contribution in [3.63, 3.8) is 0 Å². The normalized spacial score (nSPS) is 58.5. The summed E-state index contributed by atoms with van der Waals surface area (Å²) in [5, 5.41) is 9.67. The van der Waals surface area contributed by atoms with Crippen LogP contribution in [0.25, 0.3) is 0 Å². The molecule has 3 saturated carbocycles. The van der Waals surface area contributed by atoms with E-state index in [9.17, 15) is 27.1 Å². The smallest absolute Gasteiger partial charge is 0.354 e. The zero-order valence-corrected chi connectivity index (χ0v) is 12.2. The molecule has 0 aromatic rings. The Labute approximate surface area is 129 Å². The van der Waals surface area contributed by atoms with Gasteiger partial charge in [0.05, 0.1) is 5.60 Å². The maximum absolute atomic E-state index is 14.1. The maximum Gasteiger partial charge on any atom is 0.449 e. The van der Waals surface area contributed by atoms with E-state index in [-0.39, 0.29) is 30.1 Å². The third kappa shape index (κ3) is 1.48. The first-order chi connectivity index (χ1) is 10.6. The average Bonchev–Trinajstić information content (AvgIpc) is 3.14. The van der Waals surface area contributed by atoms with Crippen LogP contribution in [0.4, 0.5) is 22.0 Å². The number of aliphatic hydroxyl groups is 1. The van der Waals surface area contributed by atoms with Crippen LogP contribution in [0.15, 0.2) is 12.2 Å². The number of fused-ring (bicyclic) bond motifs is 10. The maximum atomic E-state index is 14.1. The van der Waals surface area contributed by atoms with Crippen LogP contribution in [0.1, 0.15) is 25.7 Å². The van der Waals surface area contributed by atoms with E-state index >= 15 is 0 Å². The van der Waals surface area contributed by atoms with E-state index in [0.717, 1.165) is 6.42 Å². The quantitative estimate of drug-likeness (QED) is 0.417. The molecule has 0 aromatic heterocycles. The van der Waals surface area contributed by atoms with Crippen molar-refractivity contribution in [2.24, 2.45) is 35.5 Å². The average molecular weight is 336 g/mol. The molecule has 1 spiro atoms. The summed E-state index contributed by atoms with van der Waals surface area (Å²) < 4.78 is 72.4. The van der Waals surface area contributed by atoms with Crippen molar-refractivity contribution in [2.75, 3.05) is 0 Å². The SMILES string of the molecule is OC1(C(F)(F)F)OC2(CC3CC2C2C4C=CC(C4)C32)CC1(F)F. The molecule has 5 rings (SSSR count). The summed E-state index contributed by atoms with van der Waals surface area (Å²) >= 11 is 0. The minimum Gasteiger partial charge on any atom is -0.354 e. The first-order valence-electron chi connectivity index (χ1n) is 8.13. The van der Waals surface area contributed by atoms with Crippen molar-refractivity contribution in [1.82, 2.24) is 0 Å². The predicted octanol–water partition coefficient (Wildman–Crippen LogP) is 3.51. The molecule has 8 unspecified atom stereocenters. The van der Waals surface area contributed by atoms with E-state index in [1.54, 1.807) is 0 Å². The lowest BCUT2D eigenvalue weighted by molar-refractivity contribution is -0.416. The number of halogens is 5. The molecule has 8 atom stereocenters. The van der Waals surface area contributed by atoms with Crippen molar-refractivity contribution < 1.29 is 31.8 Å². The highest BCUT2D eigenvalue weighted by Gasteiger charge is 2.82. The van der Waals surface area contributed by atoms with Crippen LogP contribution < -0.4 is 0 Å². The van der Waals surface area contributed by atoms with Gasteiger partial charge >= 0.3 is 17.9 Å². The Morgan fingerprint density at radius 1 is 1.04 bits per heavy atom. The van der Waals surface area contributed by atoms with Gasteiger partial charge in [0.1, 0.15) is 0 Å². The van der Waals surface area contributed by atoms with Crippen molar-refractivity contribution in [1.29, 1.82) is 0 Å². The van der Waals surface area contributed by atoms with Crippen LogP contribution in [0.5, 0.6) is 0 Å². The van der Waals surface area contributed by atoms with Gasteiger partial charge in [-0.1, -0.05) is 12.2 Å². The van der Waals surface area contributed by atoms with Crippen molar-refractivity contribution in [3.8, 4) is 0 Å². The van der Waals surface area contributed by atoms with Crippen LogP contribution in [-0.4, -0.2) is 28.6 Å². The number of rotatable bonds is 0. The molecular formula is C16H17F5O2. The van der Waals surface area contributed by atoms with Gasteiger partial charge in [-0.05, 0) is 54.8 Å². The second-order valence-electron chi connectivity index (χ2n) is 8.10.